The van der Waals surface area contributed by atoms with Gasteiger partial charge in [-0.2, -0.15) is 0 Å². The van der Waals surface area contributed by atoms with Crippen LogP contribution in [0.4, 0.5) is 5.00 Å². The molecule has 2 heterocycles. The van der Waals surface area contributed by atoms with Crippen LogP contribution < -0.4 is 4.90 Å². The summed E-state index contributed by atoms with van der Waals surface area (Å²) in [5, 5.41) is 4.77. The number of anilines is 1. The summed E-state index contributed by atoms with van der Waals surface area (Å²) in [7, 11) is 3.90. The fourth-order valence-electron chi connectivity index (χ4n) is 1.90. The van der Waals surface area contributed by atoms with E-state index in [1.165, 1.54) is 11.3 Å². The highest BCUT2D eigenvalue weighted by atomic mass is 32.1. The fourth-order valence-corrected chi connectivity index (χ4v) is 2.78. The van der Waals surface area contributed by atoms with Gasteiger partial charge in [0.05, 0.1) is 23.6 Å². The van der Waals surface area contributed by atoms with Crippen molar-refractivity contribution in [3.8, 4) is 0 Å². The lowest BCUT2D eigenvalue weighted by Crippen LogP contribution is -2.14. The Morgan fingerprint density at radius 2 is 2.22 bits per heavy atom. The molecule has 1 aliphatic heterocycles. The Labute approximate surface area is 139 Å². The van der Waals surface area contributed by atoms with Crippen molar-refractivity contribution in [2.75, 3.05) is 25.6 Å². The van der Waals surface area contributed by atoms with Crippen LogP contribution in [-0.4, -0.2) is 38.4 Å². The van der Waals surface area contributed by atoms with Crippen molar-refractivity contribution >= 4 is 40.1 Å². The summed E-state index contributed by atoms with van der Waals surface area (Å²) in [5.41, 5.74) is 0.626. The molecule has 0 spiro atoms. The predicted octanol–water partition coefficient (Wildman–Crippen LogP) is 2.84. The normalized spacial score (nSPS) is 15.5. The van der Waals surface area contributed by atoms with E-state index in [1.54, 1.807) is 6.08 Å². The van der Waals surface area contributed by atoms with E-state index in [4.69, 9.17) is 9.57 Å². The molecular weight excluding hydrogens is 316 g/mol. The lowest BCUT2D eigenvalue weighted by molar-refractivity contribution is -0.142. The van der Waals surface area contributed by atoms with E-state index < -0.39 is 11.9 Å². The maximum absolute atomic E-state index is 11.8. The molecule has 0 radical (unpaired) electrons. The molecule has 0 bridgehead atoms. The molecule has 1 aromatic heterocycles. The second-order valence-electron chi connectivity index (χ2n) is 5.30. The third kappa shape index (κ3) is 4.66. The second kappa shape index (κ2) is 7.92. The number of oxime groups is 1. The van der Waals surface area contributed by atoms with Gasteiger partial charge in [-0.25, -0.2) is 4.79 Å². The van der Waals surface area contributed by atoms with Crippen LogP contribution in [0.2, 0.25) is 0 Å². The number of unbranched alkanes of at least 4 members (excludes halogenated alkanes) is 1. The first kappa shape index (κ1) is 17.2. The zero-order valence-corrected chi connectivity index (χ0v) is 14.3. The third-order valence-corrected chi connectivity index (χ3v) is 4.38. The summed E-state index contributed by atoms with van der Waals surface area (Å²) in [6.45, 7) is 2.40. The van der Waals surface area contributed by atoms with E-state index in [0.29, 0.717) is 17.9 Å². The number of hydrogen-bond donors (Lipinski definition) is 0. The van der Waals surface area contributed by atoms with Crippen LogP contribution in [0.3, 0.4) is 0 Å². The second-order valence-corrected chi connectivity index (χ2v) is 6.39. The van der Waals surface area contributed by atoms with Gasteiger partial charge in [0.25, 0.3) is 0 Å². The topological polar surface area (TPSA) is 68.2 Å². The highest BCUT2D eigenvalue weighted by Gasteiger charge is 2.28. The summed E-state index contributed by atoms with van der Waals surface area (Å²) in [5.74, 6) is -0.942. The van der Waals surface area contributed by atoms with E-state index in [2.05, 4.69) is 5.16 Å². The van der Waals surface area contributed by atoms with Crippen molar-refractivity contribution in [1.29, 1.82) is 0 Å². The maximum atomic E-state index is 11.8. The molecule has 1 aliphatic rings. The van der Waals surface area contributed by atoms with Gasteiger partial charge < -0.3 is 14.5 Å². The van der Waals surface area contributed by atoms with Crippen molar-refractivity contribution in [1.82, 2.24) is 0 Å². The number of rotatable bonds is 7. The van der Waals surface area contributed by atoms with Crippen molar-refractivity contribution in [2.24, 2.45) is 5.16 Å². The molecule has 2 rings (SSSR count). The van der Waals surface area contributed by atoms with Crippen LogP contribution >= 0.6 is 11.3 Å². The van der Waals surface area contributed by atoms with Gasteiger partial charge in [0.2, 0.25) is 0 Å². The van der Waals surface area contributed by atoms with Crippen molar-refractivity contribution < 1.29 is 19.2 Å². The Hall–Kier alpha value is -2.15. The van der Waals surface area contributed by atoms with Crippen molar-refractivity contribution in [2.45, 2.75) is 26.2 Å². The van der Waals surface area contributed by atoms with Gasteiger partial charge in [0.1, 0.15) is 5.71 Å². The summed E-state index contributed by atoms with van der Waals surface area (Å²) < 4.78 is 5.10. The van der Waals surface area contributed by atoms with Crippen LogP contribution in [-0.2, 0) is 19.2 Å². The van der Waals surface area contributed by atoms with Gasteiger partial charge in [-0.05, 0) is 24.6 Å². The first-order valence-corrected chi connectivity index (χ1v) is 8.26. The van der Waals surface area contributed by atoms with Crippen molar-refractivity contribution in [3.05, 3.63) is 22.6 Å². The van der Waals surface area contributed by atoms with Crippen LogP contribution in [0.5, 0.6) is 0 Å². The molecule has 23 heavy (non-hydrogen) atoms. The molecule has 0 saturated carbocycles. The first-order chi connectivity index (χ1) is 11.0. The SMILES string of the molecule is CCCCOC(=O)CC1=NOC(=O)/C1=C\c1ccc(N(C)C)s1. The average molecular weight is 336 g/mol. The Kier molecular flexibility index (Phi) is 5.92. The molecule has 0 fully saturated rings. The number of ether oxygens (including phenoxy) is 1. The number of esters is 1. The highest BCUT2D eigenvalue weighted by molar-refractivity contribution is 7.17. The minimum absolute atomic E-state index is 0.0623. The minimum Gasteiger partial charge on any atom is -0.465 e. The summed E-state index contributed by atoms with van der Waals surface area (Å²) in [6.07, 6.45) is 3.41. The zero-order valence-electron chi connectivity index (χ0n) is 13.5. The molecule has 124 valence electrons. The fraction of sp³-hybridized carbons (Fsp3) is 0.438. The van der Waals surface area contributed by atoms with E-state index in [0.717, 1.165) is 22.7 Å². The standard InChI is InChI=1S/C16H20N2O4S/c1-4-5-8-21-15(19)10-13-12(16(20)22-17-13)9-11-6-7-14(23-11)18(2)3/h6-7,9H,4-5,8,10H2,1-3H3/b12-9-. The molecule has 6 nitrogen and oxygen atoms in total. The molecule has 0 unspecified atom stereocenters. The Bertz CT molecular complexity index is 646. The van der Waals surface area contributed by atoms with Crippen LogP contribution in [0, 0.1) is 0 Å². The first-order valence-electron chi connectivity index (χ1n) is 7.44. The van der Waals surface area contributed by atoms with Crippen LogP contribution in [0.1, 0.15) is 31.1 Å². The van der Waals surface area contributed by atoms with Crippen LogP contribution in [0.25, 0.3) is 6.08 Å². The van der Waals surface area contributed by atoms with Gasteiger partial charge in [-0.3, -0.25) is 4.79 Å². The Morgan fingerprint density at radius 3 is 2.87 bits per heavy atom. The Balaban J connectivity index is 2.06. The minimum atomic E-state index is -0.541. The number of carbonyl (C=O) groups is 2. The number of carbonyl (C=O) groups excluding carboxylic acids is 2. The molecule has 0 aliphatic carbocycles. The Morgan fingerprint density at radius 1 is 1.43 bits per heavy atom. The quantitative estimate of drug-likeness (QED) is 0.331. The zero-order chi connectivity index (χ0) is 16.8. The van der Waals surface area contributed by atoms with Gasteiger partial charge in [0.15, 0.2) is 0 Å². The molecule has 0 saturated heterocycles. The molecule has 0 amide bonds. The summed E-state index contributed by atoms with van der Waals surface area (Å²) in [4.78, 5) is 31.2. The van der Waals surface area contributed by atoms with E-state index >= 15 is 0 Å². The molecule has 7 heteroatoms. The van der Waals surface area contributed by atoms with Gasteiger partial charge >= 0.3 is 11.9 Å². The van der Waals surface area contributed by atoms with Gasteiger partial charge in [-0.1, -0.05) is 18.5 Å². The van der Waals surface area contributed by atoms with E-state index in [1.807, 2.05) is 38.1 Å². The lowest BCUT2D eigenvalue weighted by Gasteiger charge is -2.06. The number of hydrogen-bond acceptors (Lipinski definition) is 7. The van der Waals surface area contributed by atoms with Crippen molar-refractivity contribution in [3.63, 3.8) is 0 Å². The average Bonchev–Trinajstić information content (AvgIpc) is 3.10. The predicted molar refractivity (Wildman–Crippen MR) is 90.6 cm³/mol. The summed E-state index contributed by atoms with van der Waals surface area (Å²) in [6, 6.07) is 3.88. The molecular formula is C16H20N2O4S. The third-order valence-electron chi connectivity index (χ3n) is 3.18. The lowest BCUT2D eigenvalue weighted by atomic mass is 10.1. The van der Waals surface area contributed by atoms with E-state index in [9.17, 15) is 9.59 Å². The molecule has 0 aromatic carbocycles. The molecule has 1 aromatic rings. The van der Waals surface area contributed by atoms with E-state index in [-0.39, 0.29) is 6.42 Å². The largest absolute Gasteiger partial charge is 0.465 e. The van der Waals surface area contributed by atoms with Gasteiger partial charge in [0, 0.05) is 19.0 Å². The van der Waals surface area contributed by atoms with Crippen LogP contribution in [0.15, 0.2) is 22.9 Å². The van der Waals surface area contributed by atoms with Gasteiger partial charge in [-0.15, -0.1) is 11.3 Å². The number of thiophene rings is 1. The maximum Gasteiger partial charge on any atom is 0.367 e. The number of nitrogens with zero attached hydrogens (tertiary/aromatic N) is 2. The molecule has 0 N–H and O–H groups in total. The summed E-state index contributed by atoms with van der Waals surface area (Å²) >= 11 is 1.54. The monoisotopic (exact) mass is 336 g/mol. The molecule has 0 atom stereocenters. The highest BCUT2D eigenvalue weighted by Crippen LogP contribution is 2.27. The smallest absolute Gasteiger partial charge is 0.367 e.